The Kier molecular flexibility index (Phi) is 4.34. The molecule has 0 spiro atoms. The molecule has 112 valence electrons. The van der Waals surface area contributed by atoms with E-state index in [2.05, 4.69) is 5.32 Å². The van der Waals surface area contributed by atoms with Gasteiger partial charge in [-0.05, 0) is 38.1 Å². The number of aryl methyl sites for hydroxylation is 1. The Labute approximate surface area is 126 Å². The third-order valence-electron chi connectivity index (χ3n) is 3.05. The smallest absolute Gasteiger partial charge is 0.255 e. The van der Waals surface area contributed by atoms with Gasteiger partial charge in [-0.1, -0.05) is 17.7 Å². The molecule has 0 radical (unpaired) electrons. The van der Waals surface area contributed by atoms with Crippen LogP contribution in [0.15, 0.2) is 34.7 Å². The molecular formula is C15H15ClFNO3. The van der Waals surface area contributed by atoms with Gasteiger partial charge in [0, 0.05) is 0 Å². The zero-order chi connectivity index (χ0) is 15.6. The fourth-order valence-electron chi connectivity index (χ4n) is 1.87. The van der Waals surface area contributed by atoms with E-state index in [0.29, 0.717) is 11.5 Å². The number of benzene rings is 1. The number of hydrogen-bond donors (Lipinski definition) is 2. The van der Waals surface area contributed by atoms with Crippen LogP contribution in [0.3, 0.4) is 0 Å². The van der Waals surface area contributed by atoms with Crippen LogP contribution in [0.1, 0.15) is 28.8 Å². The first-order chi connectivity index (χ1) is 9.81. The molecule has 1 aromatic carbocycles. The van der Waals surface area contributed by atoms with E-state index < -0.39 is 17.3 Å². The minimum Gasteiger partial charge on any atom is -0.463 e. The average Bonchev–Trinajstić information content (AvgIpc) is 2.84. The fourth-order valence-corrected chi connectivity index (χ4v) is 2.12. The van der Waals surface area contributed by atoms with Gasteiger partial charge in [0.1, 0.15) is 22.9 Å². The van der Waals surface area contributed by atoms with Crippen LogP contribution in [-0.2, 0) is 5.60 Å². The van der Waals surface area contributed by atoms with Crippen molar-refractivity contribution in [3.63, 3.8) is 0 Å². The Balaban J connectivity index is 2.11. The molecule has 1 aromatic heterocycles. The molecule has 0 fully saturated rings. The van der Waals surface area contributed by atoms with E-state index in [4.69, 9.17) is 16.0 Å². The normalized spacial score (nSPS) is 13.8. The lowest BCUT2D eigenvalue weighted by Gasteiger charge is -2.21. The first kappa shape index (κ1) is 15.5. The van der Waals surface area contributed by atoms with Crippen LogP contribution >= 0.6 is 11.6 Å². The van der Waals surface area contributed by atoms with E-state index in [-0.39, 0.29) is 17.1 Å². The molecule has 2 aromatic rings. The van der Waals surface area contributed by atoms with E-state index in [9.17, 15) is 14.3 Å². The maximum absolute atomic E-state index is 13.6. The SMILES string of the molecule is Cc1ccc([C@](C)(O)CNC(=O)c2c(F)cccc2Cl)o1. The maximum atomic E-state index is 13.6. The molecular weight excluding hydrogens is 297 g/mol. The lowest BCUT2D eigenvalue weighted by molar-refractivity contribution is 0.0323. The van der Waals surface area contributed by atoms with Gasteiger partial charge >= 0.3 is 0 Å². The summed E-state index contributed by atoms with van der Waals surface area (Å²) in [4.78, 5) is 12.0. The van der Waals surface area contributed by atoms with Crippen molar-refractivity contribution in [2.45, 2.75) is 19.4 Å². The first-order valence-electron chi connectivity index (χ1n) is 6.33. The molecule has 0 saturated heterocycles. The quantitative estimate of drug-likeness (QED) is 0.912. The molecule has 0 aliphatic heterocycles. The molecule has 6 heteroatoms. The first-order valence-corrected chi connectivity index (χ1v) is 6.70. The predicted octanol–water partition coefficient (Wildman–Crippen LogP) is 3.02. The summed E-state index contributed by atoms with van der Waals surface area (Å²) in [6, 6.07) is 7.32. The molecule has 1 atom stereocenters. The van der Waals surface area contributed by atoms with Crippen LogP contribution in [0.5, 0.6) is 0 Å². The number of rotatable bonds is 4. The zero-order valence-corrected chi connectivity index (χ0v) is 12.4. The van der Waals surface area contributed by atoms with Gasteiger partial charge in [-0.3, -0.25) is 4.79 Å². The van der Waals surface area contributed by atoms with Crippen molar-refractivity contribution < 1.29 is 18.7 Å². The number of halogens is 2. The summed E-state index contributed by atoms with van der Waals surface area (Å²) in [5.41, 5.74) is -1.65. The molecule has 2 N–H and O–H groups in total. The molecule has 0 saturated carbocycles. The van der Waals surface area contributed by atoms with Crippen molar-refractivity contribution >= 4 is 17.5 Å². The van der Waals surface area contributed by atoms with Crippen LogP contribution in [0.2, 0.25) is 5.02 Å². The van der Waals surface area contributed by atoms with Crippen LogP contribution in [0, 0.1) is 12.7 Å². The topological polar surface area (TPSA) is 62.5 Å². The molecule has 21 heavy (non-hydrogen) atoms. The number of carbonyl (C=O) groups excluding carboxylic acids is 1. The van der Waals surface area contributed by atoms with Gasteiger partial charge < -0.3 is 14.8 Å². The van der Waals surface area contributed by atoms with Crippen LogP contribution in [0.4, 0.5) is 4.39 Å². The molecule has 0 aliphatic rings. The Morgan fingerprint density at radius 2 is 2.14 bits per heavy atom. The highest BCUT2D eigenvalue weighted by molar-refractivity contribution is 6.33. The van der Waals surface area contributed by atoms with E-state index >= 15 is 0 Å². The molecule has 1 amide bonds. The van der Waals surface area contributed by atoms with Crippen molar-refractivity contribution in [3.05, 3.63) is 58.3 Å². The summed E-state index contributed by atoms with van der Waals surface area (Å²) in [6.45, 7) is 3.11. The van der Waals surface area contributed by atoms with Gasteiger partial charge in [-0.25, -0.2) is 4.39 Å². The molecule has 0 aliphatic carbocycles. The zero-order valence-electron chi connectivity index (χ0n) is 11.6. The summed E-state index contributed by atoms with van der Waals surface area (Å²) < 4.78 is 19.0. The minimum absolute atomic E-state index is 0.0148. The number of nitrogens with one attached hydrogen (secondary N) is 1. The second kappa shape index (κ2) is 5.87. The van der Waals surface area contributed by atoms with Gasteiger partial charge in [0.2, 0.25) is 0 Å². The number of carbonyl (C=O) groups is 1. The monoisotopic (exact) mass is 311 g/mol. The van der Waals surface area contributed by atoms with Gasteiger partial charge in [-0.2, -0.15) is 0 Å². The van der Waals surface area contributed by atoms with Crippen LogP contribution < -0.4 is 5.32 Å². The number of hydrogen-bond acceptors (Lipinski definition) is 3. The van der Waals surface area contributed by atoms with Gasteiger partial charge in [0.15, 0.2) is 0 Å². The lowest BCUT2D eigenvalue weighted by Crippen LogP contribution is -2.38. The fraction of sp³-hybridized carbons (Fsp3) is 0.267. The highest BCUT2D eigenvalue weighted by atomic mass is 35.5. The predicted molar refractivity (Wildman–Crippen MR) is 76.8 cm³/mol. The highest BCUT2D eigenvalue weighted by Gasteiger charge is 2.28. The average molecular weight is 312 g/mol. The summed E-state index contributed by atoms with van der Waals surface area (Å²) in [5, 5.41) is 12.8. The van der Waals surface area contributed by atoms with E-state index in [1.54, 1.807) is 19.1 Å². The number of furan rings is 1. The summed E-state index contributed by atoms with van der Waals surface area (Å²) in [5.74, 6) is -0.441. The van der Waals surface area contributed by atoms with E-state index in [1.807, 2.05) is 0 Å². The van der Waals surface area contributed by atoms with Crippen molar-refractivity contribution in [2.24, 2.45) is 0 Å². The maximum Gasteiger partial charge on any atom is 0.255 e. The Morgan fingerprint density at radius 1 is 1.43 bits per heavy atom. The standard InChI is InChI=1S/C15H15ClFNO3/c1-9-6-7-12(21-9)15(2,20)8-18-14(19)13-10(16)4-3-5-11(13)17/h3-7,20H,8H2,1-2H3,(H,18,19)/t15-/m1/s1. The molecule has 0 unspecified atom stereocenters. The minimum atomic E-state index is -1.40. The molecule has 2 rings (SSSR count). The Bertz CT molecular complexity index is 646. The third kappa shape index (κ3) is 3.43. The molecule has 0 bridgehead atoms. The molecule has 4 nitrogen and oxygen atoms in total. The van der Waals surface area contributed by atoms with Crippen LogP contribution in [-0.4, -0.2) is 17.6 Å². The van der Waals surface area contributed by atoms with Crippen molar-refractivity contribution in [1.82, 2.24) is 5.32 Å². The summed E-state index contributed by atoms with van der Waals surface area (Å²) in [6.07, 6.45) is 0. The Morgan fingerprint density at radius 3 is 2.71 bits per heavy atom. The largest absolute Gasteiger partial charge is 0.463 e. The van der Waals surface area contributed by atoms with E-state index in [1.165, 1.54) is 19.1 Å². The number of aliphatic hydroxyl groups is 1. The summed E-state index contributed by atoms with van der Waals surface area (Å²) >= 11 is 5.81. The van der Waals surface area contributed by atoms with E-state index in [0.717, 1.165) is 6.07 Å². The Hall–Kier alpha value is -1.85. The lowest BCUT2D eigenvalue weighted by atomic mass is 10.0. The second-order valence-electron chi connectivity index (χ2n) is 4.96. The van der Waals surface area contributed by atoms with Crippen molar-refractivity contribution in [1.29, 1.82) is 0 Å². The van der Waals surface area contributed by atoms with Gasteiger partial charge in [-0.15, -0.1) is 0 Å². The van der Waals surface area contributed by atoms with Gasteiger partial charge in [0.05, 0.1) is 17.1 Å². The number of amides is 1. The van der Waals surface area contributed by atoms with Crippen molar-refractivity contribution in [3.8, 4) is 0 Å². The summed E-state index contributed by atoms with van der Waals surface area (Å²) in [7, 11) is 0. The van der Waals surface area contributed by atoms with Crippen molar-refractivity contribution in [2.75, 3.05) is 6.54 Å². The van der Waals surface area contributed by atoms with Gasteiger partial charge in [0.25, 0.3) is 5.91 Å². The second-order valence-corrected chi connectivity index (χ2v) is 5.37. The molecule has 1 heterocycles. The third-order valence-corrected chi connectivity index (χ3v) is 3.37. The van der Waals surface area contributed by atoms with Crippen LogP contribution in [0.25, 0.3) is 0 Å². The highest BCUT2D eigenvalue weighted by Crippen LogP contribution is 2.23.